The molecule has 4 rings (SSSR count). The molecule has 148 valence electrons. The Morgan fingerprint density at radius 2 is 1.86 bits per heavy atom. The van der Waals surface area contributed by atoms with Gasteiger partial charge in [-0.2, -0.15) is 0 Å². The van der Waals surface area contributed by atoms with Crippen molar-refractivity contribution in [3.63, 3.8) is 0 Å². The molecule has 1 saturated heterocycles. The summed E-state index contributed by atoms with van der Waals surface area (Å²) in [6, 6.07) is 16.4. The third-order valence-electron chi connectivity index (χ3n) is 5.33. The number of benzene rings is 2. The standard InChI is InChI=1S/C22H22N4O3/c1-15-14-20(18-8-5-9-19(26(28)29)21(18)23-15)25-12-10-17(11-13-25)24-22(27)16-6-3-2-4-7-16/h2-9,14,17H,10-13H2,1H3,(H,24,27). The van der Waals surface area contributed by atoms with Gasteiger partial charge in [0.1, 0.15) is 0 Å². The first kappa shape index (κ1) is 18.9. The molecule has 29 heavy (non-hydrogen) atoms. The van der Waals surface area contributed by atoms with Gasteiger partial charge in [0.25, 0.3) is 11.6 Å². The average Bonchev–Trinajstić information content (AvgIpc) is 2.74. The van der Waals surface area contributed by atoms with Crippen LogP contribution in [-0.2, 0) is 0 Å². The number of hydrogen-bond donors (Lipinski definition) is 1. The summed E-state index contributed by atoms with van der Waals surface area (Å²) < 4.78 is 0. The van der Waals surface area contributed by atoms with Gasteiger partial charge < -0.3 is 10.2 Å². The molecule has 2 heterocycles. The molecule has 0 saturated carbocycles. The highest BCUT2D eigenvalue weighted by atomic mass is 16.6. The van der Waals surface area contributed by atoms with E-state index in [1.807, 2.05) is 49.4 Å². The Hall–Kier alpha value is -3.48. The number of pyridine rings is 1. The number of anilines is 1. The first-order chi connectivity index (χ1) is 14.0. The van der Waals surface area contributed by atoms with Crippen LogP contribution < -0.4 is 10.2 Å². The molecule has 1 aromatic heterocycles. The van der Waals surface area contributed by atoms with E-state index in [0.29, 0.717) is 11.1 Å². The van der Waals surface area contributed by atoms with E-state index in [1.165, 1.54) is 6.07 Å². The Bertz CT molecular complexity index is 1060. The van der Waals surface area contributed by atoms with Gasteiger partial charge in [0.2, 0.25) is 0 Å². The summed E-state index contributed by atoms with van der Waals surface area (Å²) in [5.74, 6) is -0.0510. The fourth-order valence-corrected chi connectivity index (χ4v) is 3.87. The van der Waals surface area contributed by atoms with Crippen LogP contribution in [0.25, 0.3) is 10.9 Å². The fraction of sp³-hybridized carbons (Fsp3) is 0.273. The normalized spacial score (nSPS) is 14.7. The van der Waals surface area contributed by atoms with E-state index in [0.717, 1.165) is 42.7 Å². The van der Waals surface area contributed by atoms with Crippen molar-refractivity contribution < 1.29 is 9.72 Å². The second kappa shape index (κ2) is 7.87. The molecular formula is C22H22N4O3. The van der Waals surface area contributed by atoms with E-state index < -0.39 is 0 Å². The summed E-state index contributed by atoms with van der Waals surface area (Å²) in [5, 5.41) is 15.3. The molecule has 3 aromatic rings. The number of nitro benzene ring substituents is 1. The van der Waals surface area contributed by atoms with Gasteiger partial charge in [-0.05, 0) is 38.0 Å². The lowest BCUT2D eigenvalue weighted by Gasteiger charge is -2.34. The van der Waals surface area contributed by atoms with Crippen LogP contribution in [0.1, 0.15) is 28.9 Å². The minimum Gasteiger partial charge on any atom is -0.371 e. The summed E-state index contributed by atoms with van der Waals surface area (Å²) in [5.41, 5.74) is 2.83. The number of fused-ring (bicyclic) bond motifs is 1. The molecule has 7 heteroatoms. The number of aromatic nitrogens is 1. The van der Waals surface area contributed by atoms with Crippen LogP contribution in [0.3, 0.4) is 0 Å². The topological polar surface area (TPSA) is 88.4 Å². The maximum atomic E-state index is 12.4. The van der Waals surface area contributed by atoms with Crippen molar-refractivity contribution in [3.05, 3.63) is 76.0 Å². The van der Waals surface area contributed by atoms with Crippen LogP contribution >= 0.6 is 0 Å². The summed E-state index contributed by atoms with van der Waals surface area (Å²) in [7, 11) is 0. The van der Waals surface area contributed by atoms with E-state index in [4.69, 9.17) is 0 Å². The molecule has 1 N–H and O–H groups in total. The molecule has 0 atom stereocenters. The van der Waals surface area contributed by atoms with Gasteiger partial charge in [-0.15, -0.1) is 0 Å². The molecule has 1 aliphatic heterocycles. The smallest absolute Gasteiger partial charge is 0.295 e. The maximum Gasteiger partial charge on any atom is 0.295 e. The molecule has 0 spiro atoms. The fourth-order valence-electron chi connectivity index (χ4n) is 3.87. The monoisotopic (exact) mass is 390 g/mol. The number of para-hydroxylation sites is 1. The Labute approximate surface area is 168 Å². The largest absolute Gasteiger partial charge is 0.371 e. The second-order valence-electron chi connectivity index (χ2n) is 7.31. The first-order valence-electron chi connectivity index (χ1n) is 9.68. The highest BCUT2D eigenvalue weighted by molar-refractivity contribution is 5.97. The molecule has 1 fully saturated rings. The highest BCUT2D eigenvalue weighted by Gasteiger charge is 2.24. The average molecular weight is 390 g/mol. The number of nitrogens with zero attached hydrogens (tertiary/aromatic N) is 3. The number of carbonyl (C=O) groups is 1. The number of aryl methyl sites for hydroxylation is 1. The molecule has 1 aliphatic rings. The zero-order valence-electron chi connectivity index (χ0n) is 16.2. The molecule has 0 bridgehead atoms. The number of nitro groups is 1. The molecule has 2 aromatic carbocycles. The lowest BCUT2D eigenvalue weighted by Crippen LogP contribution is -2.44. The van der Waals surface area contributed by atoms with Gasteiger partial charge >= 0.3 is 0 Å². The minimum absolute atomic E-state index is 0.0254. The third-order valence-corrected chi connectivity index (χ3v) is 5.33. The van der Waals surface area contributed by atoms with Crippen molar-refractivity contribution >= 4 is 28.2 Å². The Morgan fingerprint density at radius 1 is 1.14 bits per heavy atom. The molecule has 7 nitrogen and oxygen atoms in total. The minimum atomic E-state index is -0.385. The Kier molecular flexibility index (Phi) is 5.12. The van der Waals surface area contributed by atoms with E-state index >= 15 is 0 Å². The van der Waals surface area contributed by atoms with Crippen LogP contribution in [0.4, 0.5) is 11.4 Å². The molecule has 0 unspecified atom stereocenters. The summed E-state index contributed by atoms with van der Waals surface area (Å²) in [4.78, 5) is 30.0. The zero-order valence-corrected chi connectivity index (χ0v) is 16.2. The van der Waals surface area contributed by atoms with Gasteiger partial charge in [-0.1, -0.05) is 30.3 Å². The second-order valence-corrected chi connectivity index (χ2v) is 7.31. The lowest BCUT2D eigenvalue weighted by molar-refractivity contribution is -0.383. The van der Waals surface area contributed by atoms with E-state index in [9.17, 15) is 14.9 Å². The van der Waals surface area contributed by atoms with Gasteiger partial charge in [0.05, 0.1) is 4.92 Å². The number of hydrogen-bond acceptors (Lipinski definition) is 5. The molecule has 0 aliphatic carbocycles. The highest BCUT2D eigenvalue weighted by Crippen LogP contribution is 2.33. The van der Waals surface area contributed by atoms with Crippen molar-refractivity contribution in [1.29, 1.82) is 0 Å². The number of rotatable bonds is 4. The quantitative estimate of drug-likeness (QED) is 0.540. The summed E-state index contributed by atoms with van der Waals surface area (Å²) in [6.07, 6.45) is 1.63. The van der Waals surface area contributed by atoms with Crippen LogP contribution in [0.15, 0.2) is 54.6 Å². The number of nitrogens with one attached hydrogen (secondary N) is 1. The van der Waals surface area contributed by atoms with Crippen molar-refractivity contribution in [3.8, 4) is 0 Å². The first-order valence-corrected chi connectivity index (χ1v) is 9.68. The van der Waals surface area contributed by atoms with Crippen LogP contribution in [0.2, 0.25) is 0 Å². The summed E-state index contributed by atoms with van der Waals surface area (Å²) in [6.45, 7) is 3.38. The van der Waals surface area contributed by atoms with E-state index in [1.54, 1.807) is 6.07 Å². The predicted molar refractivity (Wildman–Crippen MR) is 112 cm³/mol. The van der Waals surface area contributed by atoms with Crippen LogP contribution in [0, 0.1) is 17.0 Å². The van der Waals surface area contributed by atoms with E-state index in [2.05, 4.69) is 15.2 Å². The predicted octanol–water partition coefficient (Wildman–Crippen LogP) is 3.85. The van der Waals surface area contributed by atoms with Crippen LogP contribution in [-0.4, -0.2) is 34.9 Å². The number of piperidine rings is 1. The SMILES string of the molecule is Cc1cc(N2CCC(NC(=O)c3ccccc3)CC2)c2cccc([N+](=O)[O-])c2n1. The van der Waals surface area contributed by atoms with Crippen molar-refractivity contribution in [1.82, 2.24) is 10.3 Å². The van der Waals surface area contributed by atoms with Crippen molar-refractivity contribution in [2.45, 2.75) is 25.8 Å². The Balaban J connectivity index is 1.51. The van der Waals surface area contributed by atoms with Gasteiger partial charge in [-0.25, -0.2) is 4.98 Å². The van der Waals surface area contributed by atoms with E-state index in [-0.39, 0.29) is 22.6 Å². The van der Waals surface area contributed by atoms with Crippen LogP contribution in [0.5, 0.6) is 0 Å². The number of carbonyl (C=O) groups excluding carboxylic acids is 1. The van der Waals surface area contributed by atoms with Gasteiger partial charge in [0.15, 0.2) is 5.52 Å². The van der Waals surface area contributed by atoms with Gasteiger partial charge in [0, 0.05) is 47.5 Å². The molecule has 0 radical (unpaired) electrons. The third kappa shape index (κ3) is 3.89. The zero-order chi connectivity index (χ0) is 20.4. The molecular weight excluding hydrogens is 368 g/mol. The Morgan fingerprint density at radius 3 is 2.55 bits per heavy atom. The van der Waals surface area contributed by atoms with Crippen molar-refractivity contribution in [2.75, 3.05) is 18.0 Å². The number of non-ortho nitro benzene ring substituents is 1. The molecule has 1 amide bonds. The number of amides is 1. The summed E-state index contributed by atoms with van der Waals surface area (Å²) >= 11 is 0. The lowest BCUT2D eigenvalue weighted by atomic mass is 10.0. The maximum absolute atomic E-state index is 12.4. The van der Waals surface area contributed by atoms with Crippen molar-refractivity contribution in [2.24, 2.45) is 0 Å². The van der Waals surface area contributed by atoms with Gasteiger partial charge in [-0.3, -0.25) is 14.9 Å².